The fourth-order valence-corrected chi connectivity index (χ4v) is 0.972. The molecule has 1 aromatic rings. The molecule has 0 unspecified atom stereocenters. The lowest BCUT2D eigenvalue weighted by molar-refractivity contribution is 0.0998. The molecule has 0 aliphatic heterocycles. The second kappa shape index (κ2) is 3.44. The van der Waals surface area contributed by atoms with Gasteiger partial charge >= 0.3 is 0 Å². The molecule has 0 atom stereocenters. The number of nitrogen functional groups attached to an aromatic ring is 1. The molecule has 14 heavy (non-hydrogen) atoms. The highest BCUT2D eigenvalue weighted by Gasteiger charge is 2.16. The van der Waals surface area contributed by atoms with Crippen molar-refractivity contribution in [2.75, 3.05) is 5.73 Å². The number of hydrogen-bond acceptors (Lipinski definition) is 3. The number of rotatable bonds is 2. The SMILES string of the molecule is NC(=O)c1c(N)cc(C(F)F)[nH]c1=O. The van der Waals surface area contributed by atoms with Crippen LogP contribution in [0.5, 0.6) is 0 Å². The maximum absolute atomic E-state index is 12.1. The fraction of sp³-hybridized carbons (Fsp3) is 0.143. The summed E-state index contributed by atoms with van der Waals surface area (Å²) in [7, 11) is 0. The quantitative estimate of drug-likeness (QED) is 0.630. The monoisotopic (exact) mass is 203 g/mol. The number of anilines is 1. The molecule has 0 fully saturated rings. The lowest BCUT2D eigenvalue weighted by Gasteiger charge is -2.03. The van der Waals surface area contributed by atoms with Gasteiger partial charge in [0.1, 0.15) is 5.56 Å². The van der Waals surface area contributed by atoms with Gasteiger partial charge in [-0.2, -0.15) is 0 Å². The zero-order valence-electron chi connectivity index (χ0n) is 6.88. The Kier molecular flexibility index (Phi) is 2.50. The van der Waals surface area contributed by atoms with Crippen molar-refractivity contribution < 1.29 is 13.6 Å². The van der Waals surface area contributed by atoms with Gasteiger partial charge < -0.3 is 16.5 Å². The highest BCUT2D eigenvalue weighted by molar-refractivity contribution is 5.97. The molecule has 1 rings (SSSR count). The fourth-order valence-electron chi connectivity index (χ4n) is 0.972. The molecule has 0 spiro atoms. The third kappa shape index (κ3) is 1.70. The molecule has 0 aliphatic rings. The number of halogens is 2. The number of amides is 1. The van der Waals surface area contributed by atoms with Crippen LogP contribution in [0.1, 0.15) is 22.5 Å². The molecule has 0 bridgehead atoms. The van der Waals surface area contributed by atoms with Crippen molar-refractivity contribution in [3.8, 4) is 0 Å². The topological polar surface area (TPSA) is 102 Å². The Labute approximate surface area is 76.7 Å². The van der Waals surface area contributed by atoms with Gasteiger partial charge in [-0.3, -0.25) is 9.59 Å². The first kappa shape index (κ1) is 10.2. The van der Waals surface area contributed by atoms with E-state index in [2.05, 4.69) is 0 Å². The molecule has 0 aliphatic carbocycles. The molecule has 0 saturated carbocycles. The summed E-state index contributed by atoms with van der Waals surface area (Å²) in [5.41, 5.74) is 7.52. The summed E-state index contributed by atoms with van der Waals surface area (Å²) in [6, 6.07) is 0.812. The Morgan fingerprint density at radius 3 is 2.43 bits per heavy atom. The van der Waals surface area contributed by atoms with E-state index in [1.807, 2.05) is 4.98 Å². The van der Waals surface area contributed by atoms with Crippen LogP contribution in [0.15, 0.2) is 10.9 Å². The zero-order chi connectivity index (χ0) is 10.9. The average molecular weight is 203 g/mol. The smallest absolute Gasteiger partial charge is 0.278 e. The number of hydrogen-bond donors (Lipinski definition) is 3. The summed E-state index contributed by atoms with van der Waals surface area (Å²) >= 11 is 0. The molecule has 5 N–H and O–H groups in total. The minimum atomic E-state index is -2.85. The van der Waals surface area contributed by atoms with Crippen molar-refractivity contribution in [3.05, 3.63) is 27.7 Å². The van der Waals surface area contributed by atoms with E-state index < -0.39 is 29.1 Å². The van der Waals surface area contributed by atoms with E-state index in [0.717, 1.165) is 6.07 Å². The predicted octanol–water partition coefficient (Wildman–Crippen LogP) is -0.00640. The first-order chi connectivity index (χ1) is 6.43. The Morgan fingerprint density at radius 1 is 1.50 bits per heavy atom. The van der Waals surface area contributed by atoms with Crippen molar-refractivity contribution in [2.45, 2.75) is 6.43 Å². The molecule has 1 amide bonds. The lowest BCUT2D eigenvalue weighted by atomic mass is 10.2. The summed E-state index contributed by atoms with van der Waals surface area (Å²) in [6.45, 7) is 0. The maximum Gasteiger partial charge on any atom is 0.278 e. The van der Waals surface area contributed by atoms with Crippen LogP contribution in [-0.4, -0.2) is 10.9 Å². The van der Waals surface area contributed by atoms with Crippen LogP contribution >= 0.6 is 0 Å². The normalized spacial score (nSPS) is 10.5. The van der Waals surface area contributed by atoms with Gasteiger partial charge in [0.05, 0.1) is 11.4 Å². The maximum atomic E-state index is 12.1. The van der Waals surface area contributed by atoms with E-state index in [0.29, 0.717) is 0 Å². The van der Waals surface area contributed by atoms with Crippen molar-refractivity contribution in [2.24, 2.45) is 5.73 Å². The van der Waals surface area contributed by atoms with E-state index in [4.69, 9.17) is 11.5 Å². The van der Waals surface area contributed by atoms with Gasteiger partial charge in [-0.25, -0.2) is 8.78 Å². The standard InChI is InChI=1S/C7H7F2N3O2/c8-5(9)3-1-2(10)4(6(11)13)7(14)12-3/h1,5H,(H2,11,13)(H3,10,12,14). The predicted molar refractivity (Wildman–Crippen MR) is 44.9 cm³/mol. The molecular formula is C7H7F2N3O2. The van der Waals surface area contributed by atoms with Crippen LogP contribution in [0.3, 0.4) is 0 Å². The number of alkyl halides is 2. The lowest BCUT2D eigenvalue weighted by Crippen LogP contribution is -2.26. The Hall–Kier alpha value is -1.92. The number of carbonyl (C=O) groups excluding carboxylic acids is 1. The van der Waals surface area contributed by atoms with Crippen molar-refractivity contribution in [3.63, 3.8) is 0 Å². The summed E-state index contributed by atoms with van der Waals surface area (Å²) in [4.78, 5) is 23.5. The van der Waals surface area contributed by atoms with E-state index in [-0.39, 0.29) is 5.69 Å². The number of pyridine rings is 1. The first-order valence-corrected chi connectivity index (χ1v) is 3.54. The zero-order valence-corrected chi connectivity index (χ0v) is 6.88. The number of aromatic nitrogens is 1. The van der Waals surface area contributed by atoms with Gasteiger partial charge in [-0.05, 0) is 6.07 Å². The molecule has 0 saturated heterocycles. The first-order valence-electron chi connectivity index (χ1n) is 3.54. The highest BCUT2D eigenvalue weighted by atomic mass is 19.3. The second-order valence-electron chi connectivity index (χ2n) is 2.55. The van der Waals surface area contributed by atoms with Crippen LogP contribution in [-0.2, 0) is 0 Å². The van der Waals surface area contributed by atoms with Crippen molar-refractivity contribution in [1.29, 1.82) is 0 Å². The summed E-state index contributed by atoms with van der Waals surface area (Å²) in [5, 5.41) is 0. The van der Waals surface area contributed by atoms with E-state index in [1.54, 1.807) is 0 Å². The van der Waals surface area contributed by atoms with Crippen molar-refractivity contribution >= 4 is 11.6 Å². The Balaban J connectivity index is 3.40. The van der Waals surface area contributed by atoms with Crippen LogP contribution in [0, 0.1) is 0 Å². The van der Waals surface area contributed by atoms with Crippen LogP contribution in [0.2, 0.25) is 0 Å². The van der Waals surface area contributed by atoms with Gasteiger partial charge in [0.25, 0.3) is 17.9 Å². The number of carbonyl (C=O) groups is 1. The van der Waals surface area contributed by atoms with Gasteiger partial charge in [-0.15, -0.1) is 0 Å². The second-order valence-corrected chi connectivity index (χ2v) is 2.55. The number of nitrogens with two attached hydrogens (primary N) is 2. The Bertz CT molecular complexity index is 427. The third-order valence-electron chi connectivity index (χ3n) is 1.57. The van der Waals surface area contributed by atoms with E-state index >= 15 is 0 Å². The molecule has 0 radical (unpaired) electrons. The van der Waals surface area contributed by atoms with Gasteiger partial charge in [0, 0.05) is 0 Å². The van der Waals surface area contributed by atoms with Crippen molar-refractivity contribution in [1.82, 2.24) is 4.98 Å². The number of nitrogens with one attached hydrogen (secondary N) is 1. The minimum absolute atomic E-state index is 0.350. The summed E-state index contributed by atoms with van der Waals surface area (Å²) < 4.78 is 24.2. The molecule has 76 valence electrons. The summed E-state index contributed by atoms with van der Waals surface area (Å²) in [5.74, 6) is -1.05. The molecule has 7 heteroatoms. The molecule has 5 nitrogen and oxygen atoms in total. The average Bonchev–Trinajstić information content (AvgIpc) is 2.01. The molecule has 0 aromatic carbocycles. The summed E-state index contributed by atoms with van der Waals surface area (Å²) in [6.07, 6.45) is -2.85. The molecule has 1 heterocycles. The van der Waals surface area contributed by atoms with Gasteiger partial charge in [-0.1, -0.05) is 0 Å². The molecular weight excluding hydrogens is 196 g/mol. The number of primary amides is 1. The van der Waals surface area contributed by atoms with E-state index in [9.17, 15) is 18.4 Å². The molecule has 1 aromatic heterocycles. The largest absolute Gasteiger partial charge is 0.398 e. The Morgan fingerprint density at radius 2 is 2.07 bits per heavy atom. The number of H-pyrrole nitrogens is 1. The van der Waals surface area contributed by atoms with Crippen LogP contribution in [0.4, 0.5) is 14.5 Å². The van der Waals surface area contributed by atoms with E-state index in [1.165, 1.54) is 0 Å². The van der Waals surface area contributed by atoms with Gasteiger partial charge in [0.15, 0.2) is 0 Å². The third-order valence-corrected chi connectivity index (χ3v) is 1.57. The highest BCUT2D eigenvalue weighted by Crippen LogP contribution is 2.18. The number of aromatic amines is 1. The van der Waals surface area contributed by atoms with Crippen LogP contribution in [0.25, 0.3) is 0 Å². The van der Waals surface area contributed by atoms with Crippen LogP contribution < -0.4 is 17.0 Å². The van der Waals surface area contributed by atoms with Gasteiger partial charge in [0.2, 0.25) is 0 Å². The minimum Gasteiger partial charge on any atom is -0.398 e.